The third-order valence-electron chi connectivity index (χ3n) is 17.1. The Kier molecular flexibility index (Phi) is 10.2. The van der Waals surface area contributed by atoms with E-state index in [1.807, 2.05) is 0 Å². The summed E-state index contributed by atoms with van der Waals surface area (Å²) < 4.78 is 6.17. The average Bonchev–Trinajstić information content (AvgIpc) is 3.34. The van der Waals surface area contributed by atoms with Crippen molar-refractivity contribution in [2.45, 2.75) is 190 Å². The maximum atomic E-state index is 14.1. The molecule has 0 heterocycles. The second-order valence-electron chi connectivity index (χ2n) is 21.6. The topological polar surface area (TPSA) is 122 Å². The van der Waals surface area contributed by atoms with Crippen LogP contribution in [0.15, 0.2) is 11.1 Å². The summed E-state index contributed by atoms with van der Waals surface area (Å²) >= 11 is 0. The molecule has 3 unspecified atom stereocenters. The Morgan fingerprint density at radius 2 is 1.53 bits per heavy atom. The number of ether oxygens (including phenoxy) is 1. The maximum Gasteiger partial charge on any atom is 0.315 e. The van der Waals surface area contributed by atoms with Gasteiger partial charge in [0, 0.05) is 23.3 Å². The van der Waals surface area contributed by atoms with E-state index in [-0.39, 0.29) is 63.4 Å². The quantitative estimate of drug-likeness (QED) is 0.169. The van der Waals surface area contributed by atoms with Gasteiger partial charge in [-0.05, 0) is 137 Å². The van der Waals surface area contributed by atoms with Gasteiger partial charge >= 0.3 is 18.0 Å². The number of urea groups is 1. The molecule has 5 saturated carbocycles. The summed E-state index contributed by atoms with van der Waals surface area (Å²) in [4.78, 5) is 53.0. The van der Waals surface area contributed by atoms with Crippen molar-refractivity contribution in [2.24, 2.45) is 56.7 Å². The molecule has 6 aliphatic carbocycles. The summed E-state index contributed by atoms with van der Waals surface area (Å²) in [6.07, 6.45) is 13.6. The minimum absolute atomic E-state index is 0.0223. The zero-order valence-electron chi connectivity index (χ0n) is 35.1. The molecule has 0 aromatic rings. The highest BCUT2D eigenvalue weighted by molar-refractivity contribution is 5.92. The zero-order chi connectivity index (χ0) is 39.2. The molecule has 2 amide bonds. The molecule has 0 aliphatic heterocycles. The van der Waals surface area contributed by atoms with Crippen molar-refractivity contribution in [3.05, 3.63) is 11.1 Å². The standard InChI is InChI=1S/C45H72N2O6/c1-27(2)35-30(48)25-45(47-38(52)46-41(7,8)28-15-13-12-14-16-28)24-23-43(10)29(36(35)45)17-18-32-42(9)21-20-33(53-34(49)26-39(3,4)37(50)51)40(5,6)31(42)19-22-44(32,43)11/h27-28,31-33,35H,12-26H2,1-11H3,(H,50,51)(H2,46,47,52)/t31?,32?,33-,35?,42-,43+,44+,45+/m0/s1. The number of hydrogen-bond donors (Lipinski definition) is 3. The Morgan fingerprint density at radius 1 is 0.868 bits per heavy atom. The van der Waals surface area contributed by atoms with E-state index in [0.29, 0.717) is 24.2 Å². The van der Waals surface area contributed by atoms with E-state index in [9.17, 15) is 24.3 Å². The lowest BCUT2D eigenvalue weighted by atomic mass is 9.34. The fourth-order valence-corrected chi connectivity index (χ4v) is 13.9. The normalized spacial score (nSPS) is 38.7. The molecule has 6 aliphatic rings. The number of carbonyl (C=O) groups is 4. The summed E-state index contributed by atoms with van der Waals surface area (Å²) in [5, 5.41) is 16.6. The first kappa shape index (κ1) is 40.3. The second kappa shape index (κ2) is 13.4. The highest BCUT2D eigenvalue weighted by atomic mass is 16.5. The van der Waals surface area contributed by atoms with Gasteiger partial charge < -0.3 is 20.5 Å². The van der Waals surface area contributed by atoms with E-state index < -0.39 is 22.9 Å². The highest BCUT2D eigenvalue weighted by Crippen LogP contribution is 2.75. The van der Waals surface area contributed by atoms with Crippen LogP contribution in [0, 0.1) is 56.7 Å². The van der Waals surface area contributed by atoms with Crippen molar-refractivity contribution in [2.75, 3.05) is 0 Å². The summed E-state index contributed by atoms with van der Waals surface area (Å²) in [5.41, 5.74) is 0.356. The molecular weight excluding hydrogens is 665 g/mol. The lowest BCUT2D eigenvalue weighted by Crippen LogP contribution is -2.65. The molecule has 3 N–H and O–H groups in total. The van der Waals surface area contributed by atoms with Gasteiger partial charge in [0.2, 0.25) is 0 Å². The summed E-state index contributed by atoms with van der Waals surface area (Å²) in [6.45, 7) is 24.0. The van der Waals surface area contributed by atoms with Crippen LogP contribution >= 0.6 is 0 Å². The summed E-state index contributed by atoms with van der Waals surface area (Å²) in [7, 11) is 0. The van der Waals surface area contributed by atoms with Crippen molar-refractivity contribution >= 4 is 23.8 Å². The van der Waals surface area contributed by atoms with Gasteiger partial charge in [0.1, 0.15) is 11.9 Å². The van der Waals surface area contributed by atoms with Gasteiger partial charge in [-0.25, -0.2) is 4.79 Å². The molecule has 6 rings (SSSR count). The number of rotatable bonds is 8. The van der Waals surface area contributed by atoms with Crippen LogP contribution in [0.3, 0.4) is 0 Å². The smallest absolute Gasteiger partial charge is 0.315 e. The van der Waals surface area contributed by atoms with Crippen molar-refractivity contribution < 1.29 is 29.0 Å². The molecule has 298 valence electrons. The Bertz CT molecular complexity index is 1540. The minimum atomic E-state index is -1.16. The van der Waals surface area contributed by atoms with E-state index in [1.54, 1.807) is 13.8 Å². The Morgan fingerprint density at radius 3 is 2.15 bits per heavy atom. The number of ketones is 1. The Balaban J connectivity index is 1.29. The average molecular weight is 737 g/mol. The van der Waals surface area contributed by atoms with Crippen molar-refractivity contribution in [3.8, 4) is 0 Å². The summed E-state index contributed by atoms with van der Waals surface area (Å²) in [5.74, 6) is 0.163. The predicted molar refractivity (Wildman–Crippen MR) is 208 cm³/mol. The molecule has 0 aromatic heterocycles. The number of allylic oxidation sites excluding steroid dienone is 1. The van der Waals surface area contributed by atoms with Crippen LogP contribution < -0.4 is 10.6 Å². The minimum Gasteiger partial charge on any atom is -0.481 e. The number of nitrogens with one attached hydrogen (secondary N) is 2. The van der Waals surface area contributed by atoms with Crippen LogP contribution in [-0.4, -0.2) is 46.0 Å². The van der Waals surface area contributed by atoms with Crippen LogP contribution in [0.2, 0.25) is 0 Å². The second-order valence-corrected chi connectivity index (χ2v) is 21.6. The highest BCUT2D eigenvalue weighted by Gasteiger charge is 2.69. The molecule has 0 saturated heterocycles. The Labute approximate surface area is 320 Å². The molecule has 8 heteroatoms. The van der Waals surface area contributed by atoms with E-state index >= 15 is 0 Å². The van der Waals surface area contributed by atoms with Gasteiger partial charge in [-0.2, -0.15) is 0 Å². The van der Waals surface area contributed by atoms with Crippen LogP contribution in [0.5, 0.6) is 0 Å². The molecule has 0 radical (unpaired) electrons. The van der Waals surface area contributed by atoms with E-state index in [0.717, 1.165) is 64.2 Å². The maximum absolute atomic E-state index is 14.1. The monoisotopic (exact) mass is 737 g/mol. The van der Waals surface area contributed by atoms with Crippen molar-refractivity contribution in [1.82, 2.24) is 10.6 Å². The fourth-order valence-electron chi connectivity index (χ4n) is 13.9. The molecular formula is C45H72N2O6. The largest absolute Gasteiger partial charge is 0.481 e. The first-order chi connectivity index (χ1) is 24.5. The zero-order valence-corrected chi connectivity index (χ0v) is 35.1. The van der Waals surface area contributed by atoms with Gasteiger partial charge in [0.25, 0.3) is 0 Å². The molecule has 5 fully saturated rings. The molecule has 8 atom stereocenters. The van der Waals surface area contributed by atoms with Gasteiger partial charge in [0.15, 0.2) is 0 Å². The van der Waals surface area contributed by atoms with E-state index in [4.69, 9.17) is 4.74 Å². The number of fused-ring (bicyclic) bond motifs is 6. The van der Waals surface area contributed by atoms with E-state index in [2.05, 4.69) is 72.9 Å². The molecule has 53 heavy (non-hydrogen) atoms. The number of carboxylic acid groups (broad SMARTS) is 1. The third kappa shape index (κ3) is 6.40. The number of hydrogen-bond acceptors (Lipinski definition) is 5. The SMILES string of the molecule is CC(C)C1C(=O)C[C@]2(NC(=O)NC(C)(C)C3CCCCC3)CC[C@]3(C)C(=C12)CCC1[C@@]2(C)CC[C@H](OC(=O)CC(C)(C)C(=O)O)C(C)(C)C2CC[C@]13C. The Hall–Kier alpha value is -2.38. The van der Waals surface area contributed by atoms with E-state index in [1.165, 1.54) is 30.4 Å². The van der Waals surface area contributed by atoms with Crippen LogP contribution in [0.1, 0.15) is 172 Å². The number of carboxylic acids is 1. The lowest BCUT2D eigenvalue weighted by molar-refractivity contribution is -0.214. The number of amides is 2. The van der Waals surface area contributed by atoms with Crippen LogP contribution in [-0.2, 0) is 19.1 Å². The van der Waals surface area contributed by atoms with Crippen molar-refractivity contribution in [3.63, 3.8) is 0 Å². The van der Waals surface area contributed by atoms with Gasteiger partial charge in [-0.15, -0.1) is 0 Å². The molecule has 8 nitrogen and oxygen atoms in total. The summed E-state index contributed by atoms with van der Waals surface area (Å²) in [6, 6.07) is -0.126. The molecule has 0 aromatic carbocycles. The van der Waals surface area contributed by atoms with Gasteiger partial charge in [-0.1, -0.05) is 73.3 Å². The number of Topliss-reactive ketones (excluding diaryl/α,β-unsaturated/α-hetero) is 1. The first-order valence-electron chi connectivity index (χ1n) is 21.3. The van der Waals surface area contributed by atoms with Gasteiger partial charge in [0.05, 0.1) is 17.4 Å². The third-order valence-corrected chi connectivity index (χ3v) is 17.1. The molecule has 0 bridgehead atoms. The number of carbonyl (C=O) groups excluding carboxylic acids is 3. The first-order valence-corrected chi connectivity index (χ1v) is 21.3. The number of esters is 1. The van der Waals surface area contributed by atoms with Gasteiger partial charge in [-0.3, -0.25) is 14.4 Å². The van der Waals surface area contributed by atoms with Crippen molar-refractivity contribution in [1.29, 1.82) is 0 Å². The fraction of sp³-hybridized carbons (Fsp3) is 0.867. The van der Waals surface area contributed by atoms with Crippen LogP contribution in [0.4, 0.5) is 4.79 Å². The molecule has 0 spiro atoms. The van der Waals surface area contributed by atoms with Crippen LogP contribution in [0.25, 0.3) is 0 Å². The number of aliphatic carboxylic acids is 1. The lowest BCUT2D eigenvalue weighted by Gasteiger charge is -2.70. The predicted octanol–water partition coefficient (Wildman–Crippen LogP) is 9.79.